The van der Waals surface area contributed by atoms with Crippen LogP contribution in [0.2, 0.25) is 0 Å². The summed E-state index contributed by atoms with van der Waals surface area (Å²) in [5.74, 6) is 1.29. The first-order valence-corrected chi connectivity index (χ1v) is 26.6. The number of amides is 1. The van der Waals surface area contributed by atoms with Crippen LogP contribution in [0.1, 0.15) is 253 Å². The van der Waals surface area contributed by atoms with Gasteiger partial charge in [0.25, 0.3) is 0 Å². The standard InChI is InChI=1S/C49H96N2O3S2/c1-6-10-14-18-20-27-36-46(35-26-16-12-8-3)49(54)55-44-33-25-24-32-42-51(43-34-40-50-45(5)52)41-31-23-22-30-39-48(53)56-47(37-28-17-13-9-4)38-29-21-19-15-11-7-2/h46-47H,6-44H2,1-5H3,(H,50,52). The second-order valence-corrected chi connectivity index (χ2v) is 19.5. The van der Waals surface area contributed by atoms with Crippen LogP contribution in [-0.2, 0) is 14.4 Å². The molecule has 1 N–H and O–H groups in total. The van der Waals surface area contributed by atoms with Crippen LogP contribution in [0.5, 0.6) is 0 Å². The van der Waals surface area contributed by atoms with E-state index < -0.39 is 0 Å². The van der Waals surface area contributed by atoms with Gasteiger partial charge in [-0.1, -0.05) is 205 Å². The first-order chi connectivity index (χ1) is 27.4. The van der Waals surface area contributed by atoms with Gasteiger partial charge in [-0.25, -0.2) is 0 Å². The van der Waals surface area contributed by atoms with Gasteiger partial charge in [-0.3, -0.25) is 14.4 Å². The molecule has 7 heteroatoms. The zero-order valence-corrected chi connectivity index (χ0v) is 39.9. The van der Waals surface area contributed by atoms with Crippen molar-refractivity contribution in [1.29, 1.82) is 0 Å². The highest BCUT2D eigenvalue weighted by Crippen LogP contribution is 2.28. The van der Waals surface area contributed by atoms with Crippen LogP contribution in [0.3, 0.4) is 0 Å². The molecule has 0 fully saturated rings. The van der Waals surface area contributed by atoms with E-state index in [1.54, 1.807) is 30.4 Å². The normalized spacial score (nSPS) is 12.7. The van der Waals surface area contributed by atoms with E-state index in [9.17, 15) is 14.4 Å². The van der Waals surface area contributed by atoms with Gasteiger partial charge in [-0.2, -0.15) is 0 Å². The number of unbranched alkanes of at least 4 members (excludes halogenated alkanes) is 22. The number of carbonyl (C=O) groups excluding carboxylic acids is 3. The molecule has 0 aromatic heterocycles. The van der Waals surface area contributed by atoms with Gasteiger partial charge in [-0.05, 0) is 77.4 Å². The Bertz CT molecular complexity index is 872. The number of hydrogen-bond acceptors (Lipinski definition) is 6. The van der Waals surface area contributed by atoms with E-state index in [0.717, 1.165) is 76.9 Å². The maximum Gasteiger partial charge on any atom is 0.216 e. The van der Waals surface area contributed by atoms with Gasteiger partial charge in [0.05, 0.1) is 0 Å². The average Bonchev–Trinajstić information content (AvgIpc) is 3.18. The van der Waals surface area contributed by atoms with Crippen molar-refractivity contribution in [3.63, 3.8) is 0 Å². The fourth-order valence-electron chi connectivity index (χ4n) is 7.77. The number of rotatable bonds is 44. The summed E-state index contributed by atoms with van der Waals surface area (Å²) in [6, 6.07) is 0. The molecule has 0 bridgehead atoms. The molecule has 0 aromatic rings. The minimum Gasteiger partial charge on any atom is -0.356 e. The largest absolute Gasteiger partial charge is 0.356 e. The molecule has 0 heterocycles. The van der Waals surface area contributed by atoms with E-state index in [2.05, 4.69) is 37.9 Å². The van der Waals surface area contributed by atoms with Crippen molar-refractivity contribution in [2.75, 3.05) is 31.9 Å². The number of nitrogens with zero attached hydrogens (tertiary/aromatic N) is 1. The van der Waals surface area contributed by atoms with Gasteiger partial charge in [0.1, 0.15) is 0 Å². The van der Waals surface area contributed by atoms with Crippen molar-refractivity contribution in [3.8, 4) is 0 Å². The molecule has 2 atom stereocenters. The van der Waals surface area contributed by atoms with Crippen molar-refractivity contribution < 1.29 is 14.4 Å². The monoisotopic (exact) mass is 825 g/mol. The number of hydrogen-bond donors (Lipinski definition) is 1. The molecule has 0 radical (unpaired) electrons. The van der Waals surface area contributed by atoms with Crippen LogP contribution >= 0.6 is 23.5 Å². The van der Waals surface area contributed by atoms with Crippen LogP contribution in [0, 0.1) is 5.92 Å². The summed E-state index contributed by atoms with van der Waals surface area (Å²) in [5, 5.41) is 4.38. The maximum absolute atomic E-state index is 13.2. The molecular formula is C49H96N2O3S2. The lowest BCUT2D eigenvalue weighted by Gasteiger charge is -2.22. The lowest BCUT2D eigenvalue weighted by molar-refractivity contribution is -0.119. The summed E-state index contributed by atoms with van der Waals surface area (Å²) >= 11 is 3.31. The van der Waals surface area contributed by atoms with Crippen LogP contribution in [0.15, 0.2) is 0 Å². The lowest BCUT2D eigenvalue weighted by Crippen LogP contribution is -2.30. The Morgan fingerprint density at radius 2 is 0.893 bits per heavy atom. The SMILES string of the molecule is CCCCCCCCC(CCCCCC)SC(=O)CCCCCCN(CCCCCCSC(=O)C(CCCCCC)CCCCCCCC)CCCNC(C)=O. The molecule has 332 valence electrons. The highest BCUT2D eigenvalue weighted by atomic mass is 32.2. The van der Waals surface area contributed by atoms with Gasteiger partial charge in [0.15, 0.2) is 10.2 Å². The van der Waals surface area contributed by atoms with Gasteiger partial charge in [-0.15, -0.1) is 0 Å². The smallest absolute Gasteiger partial charge is 0.216 e. The number of thioether (sulfide) groups is 2. The molecule has 56 heavy (non-hydrogen) atoms. The molecule has 0 rings (SSSR count). The highest BCUT2D eigenvalue weighted by Gasteiger charge is 2.18. The van der Waals surface area contributed by atoms with Gasteiger partial charge in [0.2, 0.25) is 5.91 Å². The van der Waals surface area contributed by atoms with E-state index in [-0.39, 0.29) is 11.8 Å². The quantitative estimate of drug-likeness (QED) is 0.0617. The van der Waals surface area contributed by atoms with Crippen molar-refractivity contribution in [3.05, 3.63) is 0 Å². The third-order valence-corrected chi connectivity index (χ3v) is 13.8. The van der Waals surface area contributed by atoms with Gasteiger partial charge >= 0.3 is 0 Å². The Kier molecular flexibility index (Phi) is 43.6. The van der Waals surface area contributed by atoms with Crippen LogP contribution in [-0.4, -0.2) is 58.2 Å². The van der Waals surface area contributed by atoms with Gasteiger partial charge in [0, 0.05) is 36.8 Å². The first-order valence-electron chi connectivity index (χ1n) is 24.7. The Labute approximate surface area is 358 Å². The molecule has 0 aliphatic heterocycles. The third kappa shape index (κ3) is 39.0. The van der Waals surface area contributed by atoms with Crippen LogP contribution in [0.4, 0.5) is 0 Å². The third-order valence-electron chi connectivity index (χ3n) is 11.4. The summed E-state index contributed by atoms with van der Waals surface area (Å²) in [6.45, 7) is 14.7. The van der Waals surface area contributed by atoms with Crippen LogP contribution < -0.4 is 5.32 Å². The predicted molar refractivity (Wildman–Crippen MR) is 252 cm³/mol. The van der Waals surface area contributed by atoms with Crippen molar-refractivity contribution in [1.82, 2.24) is 10.2 Å². The van der Waals surface area contributed by atoms with Crippen molar-refractivity contribution >= 4 is 39.7 Å². The molecular weight excluding hydrogens is 729 g/mol. The number of carbonyl (C=O) groups is 3. The zero-order chi connectivity index (χ0) is 41.2. The average molecular weight is 825 g/mol. The molecule has 0 aliphatic rings. The minimum atomic E-state index is 0.0519. The summed E-state index contributed by atoms with van der Waals surface area (Å²) < 4.78 is 0. The van der Waals surface area contributed by atoms with Crippen molar-refractivity contribution in [2.45, 2.75) is 258 Å². The van der Waals surface area contributed by atoms with E-state index in [4.69, 9.17) is 0 Å². The molecule has 2 unspecified atom stereocenters. The van der Waals surface area contributed by atoms with E-state index in [1.807, 2.05) is 0 Å². The lowest BCUT2D eigenvalue weighted by atomic mass is 9.95. The van der Waals surface area contributed by atoms with Crippen LogP contribution in [0.25, 0.3) is 0 Å². The molecule has 1 amide bonds. The fourth-order valence-corrected chi connectivity index (χ4v) is 9.99. The number of nitrogens with one attached hydrogen (secondary N) is 1. The first kappa shape index (κ1) is 55.5. The Hall–Kier alpha value is -0.530. The minimum absolute atomic E-state index is 0.0519. The van der Waals surface area contributed by atoms with E-state index >= 15 is 0 Å². The van der Waals surface area contributed by atoms with Crippen molar-refractivity contribution in [2.24, 2.45) is 5.92 Å². The Balaban J connectivity index is 4.50. The second-order valence-electron chi connectivity index (χ2n) is 17.0. The molecule has 0 saturated heterocycles. The summed E-state index contributed by atoms with van der Waals surface area (Å²) in [7, 11) is 0. The topological polar surface area (TPSA) is 66.5 Å². The van der Waals surface area contributed by atoms with Gasteiger partial charge < -0.3 is 10.2 Å². The Morgan fingerprint density at radius 1 is 0.482 bits per heavy atom. The van der Waals surface area contributed by atoms with E-state index in [0.29, 0.717) is 15.5 Å². The second kappa shape index (κ2) is 44.0. The molecule has 0 spiro atoms. The summed E-state index contributed by atoms with van der Waals surface area (Å²) in [5.41, 5.74) is 0. The molecule has 5 nitrogen and oxygen atoms in total. The summed E-state index contributed by atoms with van der Waals surface area (Å²) in [4.78, 5) is 40.2. The molecule has 0 saturated carbocycles. The molecule has 0 aromatic carbocycles. The maximum atomic E-state index is 13.2. The van der Waals surface area contributed by atoms with E-state index in [1.165, 1.54) is 173 Å². The highest BCUT2D eigenvalue weighted by molar-refractivity contribution is 8.14. The summed E-state index contributed by atoms with van der Waals surface area (Å²) in [6.07, 6.45) is 41.5. The zero-order valence-electron chi connectivity index (χ0n) is 38.2. The molecule has 0 aliphatic carbocycles. The predicted octanol–water partition coefficient (Wildman–Crippen LogP) is 15.3. The Morgan fingerprint density at radius 3 is 1.41 bits per heavy atom. The fraction of sp³-hybridized carbons (Fsp3) is 0.939.